The first-order valence-electron chi connectivity index (χ1n) is 12.0. The van der Waals surface area contributed by atoms with Gasteiger partial charge in [-0.1, -0.05) is 82.0 Å². The molecule has 3 atom stereocenters. The first kappa shape index (κ1) is 32.7. The van der Waals surface area contributed by atoms with Crippen LogP contribution < -0.4 is 0 Å². The van der Waals surface area contributed by atoms with E-state index in [4.69, 9.17) is 21.1 Å². The van der Waals surface area contributed by atoms with Crippen LogP contribution in [-0.4, -0.2) is 25.8 Å². The lowest BCUT2D eigenvalue weighted by Crippen LogP contribution is -2.19. The molecular formula is C28H47ClO3. The van der Waals surface area contributed by atoms with Gasteiger partial charge in [-0.15, -0.1) is 0 Å². The molecule has 0 amide bonds. The molecule has 0 radical (unpaired) electrons. The van der Waals surface area contributed by atoms with Crippen LogP contribution >= 0.6 is 11.6 Å². The van der Waals surface area contributed by atoms with Crippen molar-refractivity contribution < 1.29 is 14.3 Å². The van der Waals surface area contributed by atoms with Crippen molar-refractivity contribution in [3.8, 4) is 0 Å². The van der Waals surface area contributed by atoms with Crippen molar-refractivity contribution in [3.05, 3.63) is 46.6 Å². The Labute approximate surface area is 203 Å². The van der Waals surface area contributed by atoms with Crippen molar-refractivity contribution in [1.29, 1.82) is 0 Å². The molecule has 0 fully saturated rings. The van der Waals surface area contributed by atoms with E-state index in [9.17, 15) is 4.79 Å². The van der Waals surface area contributed by atoms with Gasteiger partial charge in [0.25, 0.3) is 0 Å². The lowest BCUT2D eigenvalue weighted by Gasteiger charge is -2.30. The van der Waals surface area contributed by atoms with Gasteiger partial charge < -0.3 is 9.53 Å². The van der Waals surface area contributed by atoms with Gasteiger partial charge in [0.05, 0.1) is 6.10 Å². The molecule has 0 spiro atoms. The van der Waals surface area contributed by atoms with Gasteiger partial charge in [0.1, 0.15) is 12.6 Å². The largest absolute Gasteiger partial charge is 0.382 e. The molecule has 0 bridgehead atoms. The molecule has 2 rings (SSSR count). The predicted molar refractivity (Wildman–Crippen MR) is 140 cm³/mol. The van der Waals surface area contributed by atoms with Gasteiger partial charge in [0.2, 0.25) is 0 Å². The van der Waals surface area contributed by atoms with E-state index in [0.29, 0.717) is 17.9 Å². The minimum atomic E-state index is 0.0805. The van der Waals surface area contributed by atoms with Crippen LogP contribution in [0.4, 0.5) is 0 Å². The van der Waals surface area contributed by atoms with Crippen molar-refractivity contribution in [1.82, 2.24) is 0 Å². The number of hydrogen-bond donors (Lipinski definition) is 0. The lowest BCUT2D eigenvalue weighted by atomic mass is 9.75. The molecule has 0 aromatic carbocycles. The number of ether oxygens (including phenoxy) is 1. The molecule has 3 nitrogen and oxygen atoms in total. The number of carbonyl (C=O) groups excluding carboxylic acids is 2. The highest BCUT2D eigenvalue weighted by Crippen LogP contribution is 2.37. The normalized spacial score (nSPS) is 18.8. The number of methoxy groups -OCH3 is 1. The average molecular weight is 467 g/mol. The maximum absolute atomic E-state index is 11.5. The van der Waals surface area contributed by atoms with E-state index in [1.165, 1.54) is 30.4 Å². The second-order valence-corrected chi connectivity index (χ2v) is 9.03. The van der Waals surface area contributed by atoms with Crippen molar-refractivity contribution in [2.45, 2.75) is 93.1 Å². The summed E-state index contributed by atoms with van der Waals surface area (Å²) in [4.78, 5) is 19.5. The van der Waals surface area contributed by atoms with Gasteiger partial charge in [-0.3, -0.25) is 4.79 Å². The van der Waals surface area contributed by atoms with E-state index < -0.39 is 0 Å². The third-order valence-electron chi connectivity index (χ3n) is 5.47. The van der Waals surface area contributed by atoms with Gasteiger partial charge in [0.15, 0.2) is 0 Å². The molecule has 2 aliphatic rings. The molecule has 4 heteroatoms. The Hall–Kier alpha value is -1.45. The van der Waals surface area contributed by atoms with E-state index >= 15 is 0 Å². The molecular weight excluding hydrogens is 420 g/mol. The minimum absolute atomic E-state index is 0.0805. The molecule has 0 aromatic rings. The van der Waals surface area contributed by atoms with Gasteiger partial charge in [-0.25, -0.2) is 0 Å². The summed E-state index contributed by atoms with van der Waals surface area (Å²) >= 11 is 6.08. The molecule has 0 saturated carbocycles. The Bertz CT molecular complexity index is 629. The zero-order valence-electron chi connectivity index (χ0n) is 21.7. The first-order valence-corrected chi connectivity index (χ1v) is 12.3. The van der Waals surface area contributed by atoms with Crippen LogP contribution in [0.1, 0.15) is 87.0 Å². The molecule has 0 aromatic heterocycles. The number of hydrogen-bond acceptors (Lipinski definition) is 3. The number of allylic oxidation sites excluding steroid dienone is 8. The summed E-state index contributed by atoms with van der Waals surface area (Å²) in [5.74, 6) is 1.43. The van der Waals surface area contributed by atoms with E-state index in [1.807, 2.05) is 20.6 Å². The molecule has 3 unspecified atom stereocenters. The SMILES string of the molecule is C=O.CCC.CCCC(C1=CCC(C(C)=O)C=C1)C(C)C1=CC=C(Cl)CC1.COC(C)C. The second kappa shape index (κ2) is 20.2. The number of ketones is 1. The first-order chi connectivity index (χ1) is 15.2. The number of Topliss-reactive ketones (excluding diaryl/α,β-unsaturated/α-hetero) is 1. The Morgan fingerprint density at radius 1 is 1.16 bits per heavy atom. The fraction of sp³-hybridized carbons (Fsp3) is 0.643. The van der Waals surface area contributed by atoms with E-state index in [2.05, 4.69) is 58.1 Å². The third kappa shape index (κ3) is 13.9. The summed E-state index contributed by atoms with van der Waals surface area (Å²) in [6.45, 7) is 16.5. The standard InChI is InChI=1S/C20H27ClO.C4H10O.C3H8.CH2O/c1-4-5-20(14(2)16-10-12-19(21)13-11-16)18-8-6-17(7-9-18)15(3)22;1-4(2)5-3;1-3-2;1-2/h6,8-10,12,14,17,20H,4-5,7,11,13H2,1-3H3;4H,1-3H3;3H2,1-2H3;1H2. The molecule has 2 aliphatic carbocycles. The van der Waals surface area contributed by atoms with Crippen molar-refractivity contribution >= 4 is 24.2 Å². The van der Waals surface area contributed by atoms with Crippen LogP contribution in [0.3, 0.4) is 0 Å². The maximum atomic E-state index is 11.5. The number of rotatable bonds is 7. The van der Waals surface area contributed by atoms with E-state index in [0.717, 1.165) is 24.3 Å². The molecule has 184 valence electrons. The van der Waals surface area contributed by atoms with Crippen molar-refractivity contribution in [3.63, 3.8) is 0 Å². The minimum Gasteiger partial charge on any atom is -0.382 e. The average Bonchev–Trinajstić information content (AvgIpc) is 2.80. The highest BCUT2D eigenvalue weighted by atomic mass is 35.5. The third-order valence-corrected chi connectivity index (χ3v) is 5.78. The lowest BCUT2D eigenvalue weighted by molar-refractivity contribution is -0.119. The zero-order chi connectivity index (χ0) is 25.1. The van der Waals surface area contributed by atoms with Crippen LogP contribution in [0.2, 0.25) is 0 Å². The van der Waals surface area contributed by atoms with Gasteiger partial charge in [-0.2, -0.15) is 0 Å². The van der Waals surface area contributed by atoms with Gasteiger partial charge >= 0.3 is 0 Å². The smallest absolute Gasteiger partial charge is 0.136 e. The molecule has 0 aliphatic heterocycles. The van der Waals surface area contributed by atoms with E-state index in [1.54, 1.807) is 14.0 Å². The quantitative estimate of drug-likeness (QED) is 0.379. The monoisotopic (exact) mass is 466 g/mol. The molecule has 0 saturated heterocycles. The Kier molecular flexibility index (Phi) is 20.6. The fourth-order valence-corrected chi connectivity index (χ4v) is 3.65. The summed E-state index contributed by atoms with van der Waals surface area (Å²) in [5.41, 5.74) is 2.92. The summed E-state index contributed by atoms with van der Waals surface area (Å²) in [5, 5.41) is 0.962. The highest BCUT2D eigenvalue weighted by Gasteiger charge is 2.25. The predicted octanol–water partition coefficient (Wildman–Crippen LogP) is 8.25. The number of carbonyl (C=O) groups is 2. The van der Waals surface area contributed by atoms with Gasteiger partial charge in [0, 0.05) is 18.1 Å². The zero-order valence-corrected chi connectivity index (χ0v) is 22.5. The Morgan fingerprint density at radius 3 is 2.06 bits per heavy atom. The van der Waals surface area contributed by atoms with Crippen LogP contribution in [-0.2, 0) is 14.3 Å². The highest BCUT2D eigenvalue weighted by molar-refractivity contribution is 6.29. The Morgan fingerprint density at radius 2 is 1.72 bits per heavy atom. The maximum Gasteiger partial charge on any atom is 0.136 e. The summed E-state index contributed by atoms with van der Waals surface area (Å²) in [6.07, 6.45) is 17.8. The van der Waals surface area contributed by atoms with E-state index in [-0.39, 0.29) is 11.7 Å². The van der Waals surface area contributed by atoms with Crippen molar-refractivity contribution in [2.24, 2.45) is 17.8 Å². The fourth-order valence-electron chi connectivity index (χ4n) is 3.50. The topological polar surface area (TPSA) is 43.4 Å². The molecule has 32 heavy (non-hydrogen) atoms. The summed E-state index contributed by atoms with van der Waals surface area (Å²) in [6, 6.07) is 0. The Balaban J connectivity index is 0. The molecule has 0 N–H and O–H groups in total. The van der Waals surface area contributed by atoms with Crippen LogP contribution in [0.25, 0.3) is 0 Å². The number of halogens is 1. The van der Waals surface area contributed by atoms with Crippen LogP contribution in [0, 0.1) is 17.8 Å². The van der Waals surface area contributed by atoms with Crippen molar-refractivity contribution in [2.75, 3.05) is 7.11 Å². The summed E-state index contributed by atoms with van der Waals surface area (Å²) < 4.78 is 4.75. The van der Waals surface area contributed by atoms with Gasteiger partial charge in [-0.05, 0) is 69.9 Å². The summed E-state index contributed by atoms with van der Waals surface area (Å²) in [7, 11) is 1.70. The second-order valence-electron chi connectivity index (χ2n) is 8.55. The van der Waals surface area contributed by atoms with Crippen LogP contribution in [0.15, 0.2) is 46.6 Å². The van der Waals surface area contributed by atoms with Crippen LogP contribution in [0.5, 0.6) is 0 Å². The molecule has 0 heterocycles.